The van der Waals surface area contributed by atoms with E-state index in [1.54, 1.807) is 6.42 Å². The zero-order valence-electron chi connectivity index (χ0n) is 12.9. The average Bonchev–Trinajstić information content (AvgIpc) is 2.47. The summed E-state index contributed by atoms with van der Waals surface area (Å²) in [5.41, 5.74) is 8.24. The molecule has 0 spiro atoms. The van der Waals surface area contributed by atoms with Crippen molar-refractivity contribution in [2.45, 2.75) is 38.5 Å². The summed E-state index contributed by atoms with van der Waals surface area (Å²) in [5.74, 6) is 5.22. The van der Waals surface area contributed by atoms with E-state index in [2.05, 4.69) is 17.4 Å². The number of anilines is 1. The van der Waals surface area contributed by atoms with Crippen LogP contribution in [0.1, 0.15) is 37.7 Å². The van der Waals surface area contributed by atoms with Crippen LogP contribution in [0.15, 0.2) is 24.3 Å². The van der Waals surface area contributed by atoms with E-state index in [9.17, 15) is 0 Å². The fourth-order valence-electron chi connectivity index (χ4n) is 5.62. The van der Waals surface area contributed by atoms with Crippen LogP contribution in [0.2, 0.25) is 0 Å². The van der Waals surface area contributed by atoms with Crippen molar-refractivity contribution in [1.29, 1.82) is 0 Å². The average molecular weight is 284 g/mol. The number of benzene rings is 1. The van der Waals surface area contributed by atoms with E-state index in [-0.39, 0.29) is 0 Å². The molecule has 4 aliphatic carbocycles. The monoisotopic (exact) mass is 284 g/mol. The Morgan fingerprint density at radius 1 is 0.952 bits per heavy atom. The zero-order chi connectivity index (χ0) is 14.2. The lowest BCUT2D eigenvalue weighted by Gasteiger charge is -2.54. The second-order valence-electron chi connectivity index (χ2n) is 7.75. The van der Waals surface area contributed by atoms with E-state index in [1.807, 2.05) is 12.1 Å². The molecule has 4 bridgehead atoms. The maximum atomic E-state index is 6.01. The van der Waals surface area contributed by atoms with Gasteiger partial charge < -0.3 is 11.1 Å². The Labute approximate surface area is 128 Å². The Bertz CT molecular complexity index is 468. The summed E-state index contributed by atoms with van der Waals surface area (Å²) in [5, 5.41) is 3.73. The first-order valence-electron chi connectivity index (χ1n) is 8.83. The molecule has 2 nitrogen and oxygen atoms in total. The highest BCUT2D eigenvalue weighted by atomic mass is 14.9. The van der Waals surface area contributed by atoms with Crippen molar-refractivity contribution in [2.24, 2.45) is 29.6 Å². The third-order valence-electron chi connectivity index (χ3n) is 6.43. The maximum Gasteiger partial charge on any atom is 0.0347 e. The SMILES string of the molecule is Nc1ccccc1CCNCC1C2CC3CC(C2)CC1C3. The summed E-state index contributed by atoms with van der Waals surface area (Å²) in [6.07, 6.45) is 8.74. The topological polar surface area (TPSA) is 38.0 Å². The van der Waals surface area contributed by atoms with E-state index in [1.165, 1.54) is 37.8 Å². The number of nitrogen functional groups attached to an aromatic ring is 1. The summed E-state index contributed by atoms with van der Waals surface area (Å²) in [7, 11) is 0. The second-order valence-corrected chi connectivity index (χ2v) is 7.75. The lowest BCUT2D eigenvalue weighted by molar-refractivity contribution is -0.0353. The van der Waals surface area contributed by atoms with Crippen LogP contribution < -0.4 is 11.1 Å². The Kier molecular flexibility index (Phi) is 3.66. The molecule has 21 heavy (non-hydrogen) atoms. The quantitative estimate of drug-likeness (QED) is 0.642. The van der Waals surface area contributed by atoms with Crippen molar-refractivity contribution in [1.82, 2.24) is 5.32 Å². The van der Waals surface area contributed by atoms with Gasteiger partial charge >= 0.3 is 0 Å². The third kappa shape index (κ3) is 2.70. The molecule has 5 rings (SSSR count). The van der Waals surface area contributed by atoms with Gasteiger partial charge in [-0.2, -0.15) is 0 Å². The normalized spacial score (nSPS) is 37.0. The van der Waals surface area contributed by atoms with Gasteiger partial charge in [-0.15, -0.1) is 0 Å². The molecule has 0 atom stereocenters. The number of para-hydroxylation sites is 1. The first-order valence-corrected chi connectivity index (χ1v) is 8.83. The largest absolute Gasteiger partial charge is 0.399 e. The fourth-order valence-corrected chi connectivity index (χ4v) is 5.62. The fraction of sp³-hybridized carbons (Fsp3) is 0.684. The zero-order valence-corrected chi connectivity index (χ0v) is 12.9. The summed E-state index contributed by atoms with van der Waals surface area (Å²) < 4.78 is 0. The van der Waals surface area contributed by atoms with Gasteiger partial charge in [-0.05, 0) is 92.8 Å². The third-order valence-corrected chi connectivity index (χ3v) is 6.43. The van der Waals surface area contributed by atoms with Crippen LogP contribution in [-0.4, -0.2) is 13.1 Å². The van der Waals surface area contributed by atoms with E-state index in [0.29, 0.717) is 0 Å². The van der Waals surface area contributed by atoms with Gasteiger partial charge in [0.1, 0.15) is 0 Å². The highest BCUT2D eigenvalue weighted by molar-refractivity contribution is 5.46. The van der Waals surface area contributed by atoms with Crippen molar-refractivity contribution >= 4 is 5.69 Å². The summed E-state index contributed by atoms with van der Waals surface area (Å²) in [4.78, 5) is 0. The molecule has 0 heterocycles. The van der Waals surface area contributed by atoms with Crippen LogP contribution in [0, 0.1) is 29.6 Å². The molecule has 1 aromatic rings. The van der Waals surface area contributed by atoms with Crippen LogP contribution in [-0.2, 0) is 6.42 Å². The smallest absolute Gasteiger partial charge is 0.0347 e. The minimum Gasteiger partial charge on any atom is -0.399 e. The molecular formula is C19H28N2. The van der Waals surface area contributed by atoms with Crippen LogP contribution in [0.4, 0.5) is 5.69 Å². The summed E-state index contributed by atoms with van der Waals surface area (Å²) in [6.45, 7) is 2.30. The molecule has 0 radical (unpaired) electrons. The maximum absolute atomic E-state index is 6.01. The first-order chi connectivity index (χ1) is 10.3. The molecule has 0 aromatic heterocycles. The van der Waals surface area contributed by atoms with Crippen LogP contribution in [0.3, 0.4) is 0 Å². The lowest BCUT2D eigenvalue weighted by atomic mass is 9.52. The van der Waals surface area contributed by atoms with E-state index in [0.717, 1.165) is 48.2 Å². The van der Waals surface area contributed by atoms with Gasteiger partial charge in [-0.3, -0.25) is 0 Å². The van der Waals surface area contributed by atoms with E-state index < -0.39 is 0 Å². The number of hydrogen-bond acceptors (Lipinski definition) is 2. The van der Waals surface area contributed by atoms with Crippen molar-refractivity contribution in [3.8, 4) is 0 Å². The van der Waals surface area contributed by atoms with Gasteiger partial charge in [0.25, 0.3) is 0 Å². The Balaban J connectivity index is 1.27. The summed E-state index contributed by atoms with van der Waals surface area (Å²) in [6, 6.07) is 8.26. The highest BCUT2D eigenvalue weighted by Crippen LogP contribution is 2.56. The molecule has 4 saturated carbocycles. The lowest BCUT2D eigenvalue weighted by Crippen LogP contribution is -2.48. The van der Waals surface area contributed by atoms with Crippen LogP contribution >= 0.6 is 0 Å². The Morgan fingerprint density at radius 2 is 1.62 bits per heavy atom. The predicted octanol–water partition coefficient (Wildman–Crippen LogP) is 3.47. The van der Waals surface area contributed by atoms with Gasteiger partial charge in [-0.1, -0.05) is 18.2 Å². The molecule has 0 amide bonds. The minimum atomic E-state index is 0.939. The van der Waals surface area contributed by atoms with E-state index >= 15 is 0 Å². The molecule has 114 valence electrons. The molecule has 4 fully saturated rings. The number of hydrogen-bond donors (Lipinski definition) is 2. The van der Waals surface area contributed by atoms with Gasteiger partial charge in [0.2, 0.25) is 0 Å². The molecule has 0 saturated heterocycles. The van der Waals surface area contributed by atoms with Gasteiger partial charge in [0.15, 0.2) is 0 Å². The van der Waals surface area contributed by atoms with Crippen LogP contribution in [0.5, 0.6) is 0 Å². The first kappa shape index (κ1) is 13.6. The highest BCUT2D eigenvalue weighted by Gasteiger charge is 2.47. The Hall–Kier alpha value is -1.02. The van der Waals surface area contributed by atoms with Crippen molar-refractivity contribution in [3.63, 3.8) is 0 Å². The van der Waals surface area contributed by atoms with Gasteiger partial charge in [0, 0.05) is 5.69 Å². The molecule has 0 aliphatic heterocycles. The minimum absolute atomic E-state index is 0.939. The van der Waals surface area contributed by atoms with Crippen molar-refractivity contribution in [2.75, 3.05) is 18.8 Å². The number of nitrogens with one attached hydrogen (secondary N) is 1. The Morgan fingerprint density at radius 3 is 2.29 bits per heavy atom. The molecule has 0 unspecified atom stereocenters. The number of nitrogens with two attached hydrogens (primary N) is 1. The van der Waals surface area contributed by atoms with Gasteiger partial charge in [-0.25, -0.2) is 0 Å². The second kappa shape index (κ2) is 5.64. The molecule has 3 N–H and O–H groups in total. The molecule has 4 aliphatic rings. The van der Waals surface area contributed by atoms with Gasteiger partial charge in [0.05, 0.1) is 0 Å². The van der Waals surface area contributed by atoms with E-state index in [4.69, 9.17) is 5.73 Å². The summed E-state index contributed by atoms with van der Waals surface area (Å²) >= 11 is 0. The molecular weight excluding hydrogens is 256 g/mol. The predicted molar refractivity (Wildman–Crippen MR) is 88.0 cm³/mol. The van der Waals surface area contributed by atoms with Crippen molar-refractivity contribution < 1.29 is 0 Å². The number of rotatable bonds is 5. The van der Waals surface area contributed by atoms with Crippen LogP contribution in [0.25, 0.3) is 0 Å². The molecule has 2 heteroatoms. The standard InChI is InChI=1S/C19H28N2/c20-19-4-2-1-3-15(19)5-6-21-12-18-16-8-13-7-14(10-16)11-17(18)9-13/h1-4,13-14,16-18,21H,5-12,20H2. The van der Waals surface area contributed by atoms with Crippen molar-refractivity contribution in [3.05, 3.63) is 29.8 Å². The molecule has 1 aromatic carbocycles.